The lowest BCUT2D eigenvalue weighted by atomic mass is 10.6. The highest BCUT2D eigenvalue weighted by Gasteiger charge is 2.38. The lowest BCUT2D eigenvalue weighted by molar-refractivity contribution is 0.0711. The summed E-state index contributed by atoms with van der Waals surface area (Å²) in [4.78, 5) is 0. The van der Waals surface area contributed by atoms with Gasteiger partial charge in [-0.3, -0.25) is 5.32 Å². The van der Waals surface area contributed by atoms with Gasteiger partial charge in [-0.2, -0.15) is 0 Å². The number of aliphatic hydroxyl groups excluding tert-OH is 1. The van der Waals surface area contributed by atoms with Gasteiger partial charge in [0.15, 0.2) is 0 Å². The van der Waals surface area contributed by atoms with Gasteiger partial charge in [0.2, 0.25) is 0 Å². The molecular weight excluding hydrogens is 250 g/mol. The molecule has 0 heterocycles. The number of nitrogens with one attached hydrogen (secondary N) is 1. The maximum atomic E-state index is 8.25. The predicted molar refractivity (Wildman–Crippen MR) is 76.5 cm³/mol. The number of hydrogen-bond donors (Lipinski definition) is 2. The quantitative estimate of drug-likeness (QED) is 0.500. The molecular formula is C12H31NO4Si. The Labute approximate surface area is 113 Å². The first-order valence-electron chi connectivity index (χ1n) is 6.78. The zero-order chi connectivity index (χ0) is 14.4. The van der Waals surface area contributed by atoms with E-state index in [9.17, 15) is 0 Å². The van der Waals surface area contributed by atoms with Gasteiger partial charge in [0.1, 0.15) is 6.23 Å². The van der Waals surface area contributed by atoms with E-state index in [1.54, 1.807) is 14.0 Å². The van der Waals surface area contributed by atoms with E-state index in [0.717, 1.165) is 12.5 Å². The van der Waals surface area contributed by atoms with E-state index < -0.39 is 8.80 Å². The normalized spacial score (nSPS) is 12.8. The second-order valence-electron chi connectivity index (χ2n) is 3.70. The summed E-state index contributed by atoms with van der Waals surface area (Å²) < 4.78 is 16.9. The minimum absolute atomic E-state index is 0.366. The van der Waals surface area contributed by atoms with Gasteiger partial charge in [-0.25, -0.2) is 0 Å². The van der Waals surface area contributed by atoms with Crippen molar-refractivity contribution in [2.75, 3.05) is 26.9 Å². The minimum atomic E-state index is -2.30. The van der Waals surface area contributed by atoms with Crippen LogP contribution in [0.15, 0.2) is 0 Å². The van der Waals surface area contributed by atoms with Crippen LogP contribution in [0.25, 0.3) is 0 Å². The first-order chi connectivity index (χ1) is 8.51. The molecule has 0 bridgehead atoms. The van der Waals surface area contributed by atoms with Crippen LogP contribution in [0.4, 0.5) is 0 Å². The van der Waals surface area contributed by atoms with Crippen LogP contribution in [0, 0.1) is 0 Å². The SMILES string of the molecule is CCC[Si](OCC)(OCC)OCC.CNC(C)O. The Balaban J connectivity index is 0. The molecule has 0 amide bonds. The fourth-order valence-electron chi connectivity index (χ4n) is 1.31. The van der Waals surface area contributed by atoms with Crippen molar-refractivity contribution >= 4 is 8.80 Å². The molecule has 2 N–H and O–H groups in total. The zero-order valence-corrected chi connectivity index (χ0v) is 13.8. The predicted octanol–water partition coefficient (Wildman–Crippen LogP) is 1.99. The molecule has 0 fully saturated rings. The van der Waals surface area contributed by atoms with E-state index >= 15 is 0 Å². The molecule has 18 heavy (non-hydrogen) atoms. The van der Waals surface area contributed by atoms with E-state index in [1.807, 2.05) is 20.8 Å². The molecule has 1 unspecified atom stereocenters. The lowest BCUT2D eigenvalue weighted by Crippen LogP contribution is -2.45. The van der Waals surface area contributed by atoms with Crippen molar-refractivity contribution in [3.63, 3.8) is 0 Å². The molecule has 0 rings (SSSR count). The number of rotatable bonds is 9. The van der Waals surface area contributed by atoms with Crippen molar-refractivity contribution in [2.45, 2.75) is 53.3 Å². The van der Waals surface area contributed by atoms with Gasteiger partial charge in [-0.1, -0.05) is 13.3 Å². The van der Waals surface area contributed by atoms with Crippen LogP contribution in [0.5, 0.6) is 0 Å². The van der Waals surface area contributed by atoms with Gasteiger partial charge < -0.3 is 18.4 Å². The molecule has 0 spiro atoms. The molecule has 0 aliphatic rings. The fraction of sp³-hybridized carbons (Fsp3) is 1.00. The van der Waals surface area contributed by atoms with E-state index in [2.05, 4.69) is 12.2 Å². The summed E-state index contributed by atoms with van der Waals surface area (Å²) in [6, 6.07) is 0.919. The highest BCUT2D eigenvalue weighted by molar-refractivity contribution is 6.60. The smallest absolute Gasteiger partial charge is 0.379 e. The van der Waals surface area contributed by atoms with Crippen LogP contribution in [0.1, 0.15) is 41.0 Å². The van der Waals surface area contributed by atoms with Crippen LogP contribution in [0.3, 0.4) is 0 Å². The van der Waals surface area contributed by atoms with E-state index in [0.29, 0.717) is 19.8 Å². The van der Waals surface area contributed by atoms with E-state index in [-0.39, 0.29) is 6.23 Å². The van der Waals surface area contributed by atoms with Crippen LogP contribution >= 0.6 is 0 Å². The zero-order valence-electron chi connectivity index (χ0n) is 12.8. The molecule has 1 atom stereocenters. The lowest BCUT2D eigenvalue weighted by Gasteiger charge is -2.27. The van der Waals surface area contributed by atoms with Crippen molar-refractivity contribution in [1.29, 1.82) is 0 Å². The van der Waals surface area contributed by atoms with Gasteiger partial charge >= 0.3 is 8.80 Å². The van der Waals surface area contributed by atoms with Gasteiger partial charge in [0, 0.05) is 25.9 Å². The summed E-state index contributed by atoms with van der Waals surface area (Å²) in [5, 5.41) is 10.8. The van der Waals surface area contributed by atoms with Crippen LogP contribution in [-0.4, -0.2) is 47.0 Å². The summed E-state index contributed by atoms with van der Waals surface area (Å²) in [5.74, 6) is 0. The Bertz CT molecular complexity index is 141. The van der Waals surface area contributed by atoms with Gasteiger partial charge in [-0.15, -0.1) is 0 Å². The summed E-state index contributed by atoms with van der Waals surface area (Å²) in [6.07, 6.45) is 0.682. The molecule has 0 aromatic carbocycles. The molecule has 0 aliphatic heterocycles. The molecule has 0 aliphatic carbocycles. The Kier molecular flexibility index (Phi) is 15.2. The first-order valence-corrected chi connectivity index (χ1v) is 8.72. The van der Waals surface area contributed by atoms with Crippen molar-refractivity contribution < 1.29 is 18.4 Å². The van der Waals surface area contributed by atoms with Crippen molar-refractivity contribution in [2.24, 2.45) is 0 Å². The Morgan fingerprint density at radius 3 is 1.50 bits per heavy atom. The highest BCUT2D eigenvalue weighted by atomic mass is 28.4. The third-order valence-electron chi connectivity index (χ3n) is 2.07. The molecule has 0 saturated carbocycles. The molecule has 0 aromatic heterocycles. The Morgan fingerprint density at radius 1 is 1.00 bits per heavy atom. The second-order valence-corrected chi connectivity index (χ2v) is 6.43. The van der Waals surface area contributed by atoms with Crippen molar-refractivity contribution in [3.8, 4) is 0 Å². The van der Waals surface area contributed by atoms with E-state index in [4.69, 9.17) is 18.4 Å². The Morgan fingerprint density at radius 2 is 1.33 bits per heavy atom. The molecule has 0 radical (unpaired) electrons. The minimum Gasteiger partial charge on any atom is -0.379 e. The van der Waals surface area contributed by atoms with Crippen LogP contribution in [0.2, 0.25) is 6.04 Å². The average molecular weight is 281 g/mol. The standard InChI is InChI=1S/C9H22O3Si.C3H9NO/c1-5-9-13(10-6-2,11-7-3)12-8-4;1-3(5)4-2/h5-9H2,1-4H3;3-5H,1-2H3. The van der Waals surface area contributed by atoms with Crippen LogP contribution in [-0.2, 0) is 13.3 Å². The first kappa shape index (κ1) is 20.3. The Hall–Kier alpha value is 0.0169. The number of aliphatic hydroxyl groups is 1. The average Bonchev–Trinajstić information content (AvgIpc) is 2.31. The summed E-state index contributed by atoms with van der Waals surface area (Å²) in [5.41, 5.74) is 0. The van der Waals surface area contributed by atoms with Gasteiger partial charge in [-0.05, 0) is 34.7 Å². The van der Waals surface area contributed by atoms with Gasteiger partial charge in [0.25, 0.3) is 0 Å². The van der Waals surface area contributed by atoms with Crippen LogP contribution < -0.4 is 5.32 Å². The fourth-order valence-corrected chi connectivity index (χ4v) is 3.92. The van der Waals surface area contributed by atoms with Crippen molar-refractivity contribution in [3.05, 3.63) is 0 Å². The van der Waals surface area contributed by atoms with E-state index in [1.165, 1.54) is 0 Å². The second kappa shape index (κ2) is 13.4. The largest absolute Gasteiger partial charge is 0.500 e. The third kappa shape index (κ3) is 11.1. The summed E-state index contributed by atoms with van der Waals surface area (Å²) in [6.45, 7) is 11.8. The maximum absolute atomic E-state index is 8.25. The molecule has 0 aromatic rings. The summed E-state index contributed by atoms with van der Waals surface area (Å²) >= 11 is 0. The monoisotopic (exact) mass is 281 g/mol. The highest BCUT2D eigenvalue weighted by Crippen LogP contribution is 2.17. The summed E-state index contributed by atoms with van der Waals surface area (Å²) in [7, 11) is -0.596. The molecule has 112 valence electrons. The molecule has 5 nitrogen and oxygen atoms in total. The maximum Gasteiger partial charge on any atom is 0.500 e. The van der Waals surface area contributed by atoms with Gasteiger partial charge in [0.05, 0.1) is 0 Å². The number of hydrogen-bond acceptors (Lipinski definition) is 5. The third-order valence-corrected chi connectivity index (χ3v) is 5.36. The molecule has 6 heteroatoms. The molecule has 0 saturated heterocycles. The topological polar surface area (TPSA) is 60.0 Å². The van der Waals surface area contributed by atoms with Crippen molar-refractivity contribution in [1.82, 2.24) is 5.32 Å².